The van der Waals surface area contributed by atoms with Crippen LogP contribution in [0.25, 0.3) is 10.8 Å². The molecule has 116 valence electrons. The molecule has 0 saturated carbocycles. The van der Waals surface area contributed by atoms with Crippen molar-refractivity contribution >= 4 is 22.7 Å². The van der Waals surface area contributed by atoms with Gasteiger partial charge in [-0.05, 0) is 18.2 Å². The van der Waals surface area contributed by atoms with Crippen LogP contribution >= 0.6 is 0 Å². The minimum absolute atomic E-state index is 0.239. The molecule has 0 unspecified atom stereocenters. The molecule has 0 aliphatic carbocycles. The predicted molar refractivity (Wildman–Crippen MR) is 79.7 cm³/mol. The number of carbonyl (C=O) groups is 2. The molecule has 0 atom stereocenters. The lowest BCUT2D eigenvalue weighted by Crippen LogP contribution is -2.06. The summed E-state index contributed by atoms with van der Waals surface area (Å²) in [6, 6.07) is 6.46. The first-order chi connectivity index (χ1) is 10.5. The Kier molecular flexibility index (Phi) is 4.50. The molecule has 0 radical (unpaired) electrons. The Bertz CT molecular complexity index is 735. The van der Waals surface area contributed by atoms with Crippen molar-refractivity contribution in [1.29, 1.82) is 0 Å². The summed E-state index contributed by atoms with van der Waals surface area (Å²) in [5.41, 5.74) is 0.259. The largest absolute Gasteiger partial charge is 0.497 e. The number of benzene rings is 2. The maximum Gasteiger partial charge on any atom is 0.338 e. The highest BCUT2D eigenvalue weighted by molar-refractivity contribution is 6.02. The Labute approximate surface area is 127 Å². The van der Waals surface area contributed by atoms with Gasteiger partial charge in [0.25, 0.3) is 0 Å². The van der Waals surface area contributed by atoms with Crippen LogP contribution in [0.2, 0.25) is 0 Å². The topological polar surface area (TPSA) is 71.1 Å². The lowest BCUT2D eigenvalue weighted by atomic mass is 10.0. The number of carbonyl (C=O) groups excluding carboxylic acids is 2. The van der Waals surface area contributed by atoms with E-state index < -0.39 is 11.9 Å². The highest BCUT2D eigenvalue weighted by Gasteiger charge is 2.16. The van der Waals surface area contributed by atoms with Crippen LogP contribution in [0.3, 0.4) is 0 Å². The number of hydrogen-bond donors (Lipinski definition) is 0. The molecule has 0 N–H and O–H groups in total. The minimum atomic E-state index is -0.534. The molecule has 0 heterocycles. The molecule has 0 fully saturated rings. The molecule has 22 heavy (non-hydrogen) atoms. The average molecular weight is 304 g/mol. The zero-order valence-corrected chi connectivity index (χ0v) is 12.8. The van der Waals surface area contributed by atoms with Gasteiger partial charge in [0.2, 0.25) is 0 Å². The maximum absolute atomic E-state index is 11.8. The highest BCUT2D eigenvalue weighted by atomic mass is 16.5. The summed E-state index contributed by atoms with van der Waals surface area (Å²) in [7, 11) is 4.31. The quantitative estimate of drug-likeness (QED) is 0.638. The smallest absolute Gasteiger partial charge is 0.338 e. The lowest BCUT2D eigenvalue weighted by molar-refractivity contribution is -0.131. The van der Waals surface area contributed by atoms with Crippen LogP contribution in [0, 0.1) is 0 Å². The van der Waals surface area contributed by atoms with E-state index in [1.807, 2.05) is 0 Å². The Balaban J connectivity index is 2.80. The molecule has 0 aromatic heterocycles. The van der Waals surface area contributed by atoms with Crippen LogP contribution in [0.1, 0.15) is 17.3 Å². The fourth-order valence-corrected chi connectivity index (χ4v) is 2.13. The van der Waals surface area contributed by atoms with E-state index in [0.29, 0.717) is 22.3 Å². The molecule has 0 spiro atoms. The van der Waals surface area contributed by atoms with E-state index in [2.05, 4.69) is 0 Å². The number of rotatable bonds is 4. The van der Waals surface area contributed by atoms with Crippen LogP contribution in [-0.4, -0.2) is 33.3 Å². The molecule has 0 bridgehead atoms. The first-order valence-electron chi connectivity index (χ1n) is 6.46. The second-order valence-corrected chi connectivity index (χ2v) is 4.48. The van der Waals surface area contributed by atoms with Crippen molar-refractivity contribution in [2.75, 3.05) is 21.3 Å². The molecule has 0 aliphatic rings. The first-order valence-corrected chi connectivity index (χ1v) is 6.46. The van der Waals surface area contributed by atoms with Crippen LogP contribution in [0.15, 0.2) is 24.3 Å². The molecule has 6 heteroatoms. The van der Waals surface area contributed by atoms with Crippen molar-refractivity contribution in [3.05, 3.63) is 29.8 Å². The summed E-state index contributed by atoms with van der Waals surface area (Å²) < 4.78 is 20.5. The number of ether oxygens (including phenoxy) is 4. The second-order valence-electron chi connectivity index (χ2n) is 4.48. The first kappa shape index (κ1) is 15.6. The van der Waals surface area contributed by atoms with Crippen molar-refractivity contribution in [2.24, 2.45) is 0 Å². The summed E-state index contributed by atoms with van der Waals surface area (Å²) in [6.07, 6.45) is 0. The molecular formula is C16H16O6. The van der Waals surface area contributed by atoms with Crippen LogP contribution in [0.5, 0.6) is 17.2 Å². The fourth-order valence-electron chi connectivity index (χ4n) is 2.13. The van der Waals surface area contributed by atoms with Gasteiger partial charge in [0.05, 0.1) is 26.9 Å². The van der Waals surface area contributed by atoms with Crippen LogP contribution in [0.4, 0.5) is 0 Å². The van der Waals surface area contributed by atoms with E-state index in [0.717, 1.165) is 0 Å². The second kappa shape index (κ2) is 6.34. The van der Waals surface area contributed by atoms with Gasteiger partial charge in [-0.15, -0.1) is 0 Å². The van der Waals surface area contributed by atoms with Crippen LogP contribution < -0.4 is 14.2 Å². The summed E-state index contributed by atoms with van der Waals surface area (Å²) in [5, 5.41) is 1.21. The minimum Gasteiger partial charge on any atom is -0.497 e. The van der Waals surface area contributed by atoms with Crippen LogP contribution in [-0.2, 0) is 9.53 Å². The van der Waals surface area contributed by atoms with Gasteiger partial charge in [0.1, 0.15) is 17.2 Å². The molecule has 2 aromatic rings. The summed E-state index contributed by atoms with van der Waals surface area (Å²) in [5.74, 6) is 0.248. The van der Waals surface area contributed by atoms with Gasteiger partial charge >= 0.3 is 11.9 Å². The molecule has 0 aliphatic heterocycles. The highest BCUT2D eigenvalue weighted by Crippen LogP contribution is 2.37. The normalized spacial score (nSPS) is 10.2. The zero-order chi connectivity index (χ0) is 16.3. The third-order valence-electron chi connectivity index (χ3n) is 3.10. The summed E-state index contributed by atoms with van der Waals surface area (Å²) in [4.78, 5) is 23.1. The van der Waals surface area contributed by atoms with E-state index >= 15 is 0 Å². The van der Waals surface area contributed by atoms with Gasteiger partial charge in [0, 0.05) is 23.8 Å². The third-order valence-corrected chi connectivity index (χ3v) is 3.10. The van der Waals surface area contributed by atoms with Gasteiger partial charge in [-0.25, -0.2) is 4.79 Å². The zero-order valence-electron chi connectivity index (χ0n) is 12.8. The van der Waals surface area contributed by atoms with Gasteiger partial charge in [0.15, 0.2) is 0 Å². The Morgan fingerprint density at radius 1 is 0.864 bits per heavy atom. The van der Waals surface area contributed by atoms with E-state index in [4.69, 9.17) is 18.9 Å². The molecule has 0 amide bonds. The van der Waals surface area contributed by atoms with Gasteiger partial charge < -0.3 is 18.9 Å². The molecule has 2 aromatic carbocycles. The number of fused-ring (bicyclic) bond motifs is 1. The predicted octanol–water partition coefficient (Wildman–Crippen LogP) is 2.57. The molecule has 6 nitrogen and oxygen atoms in total. The van der Waals surface area contributed by atoms with E-state index in [9.17, 15) is 9.59 Å². The SMILES string of the molecule is COC(=O)c1cc(OC(C)=O)c2cc(OC)cc(OC)c2c1. The van der Waals surface area contributed by atoms with E-state index in [1.54, 1.807) is 18.2 Å². The Hall–Kier alpha value is -2.76. The molecule has 0 saturated heterocycles. The van der Waals surface area contributed by atoms with Crippen molar-refractivity contribution in [1.82, 2.24) is 0 Å². The van der Waals surface area contributed by atoms with Crippen molar-refractivity contribution in [3.63, 3.8) is 0 Å². The Morgan fingerprint density at radius 2 is 1.55 bits per heavy atom. The number of hydrogen-bond acceptors (Lipinski definition) is 6. The Morgan fingerprint density at radius 3 is 2.09 bits per heavy atom. The average Bonchev–Trinajstić information content (AvgIpc) is 2.52. The number of methoxy groups -OCH3 is 3. The van der Waals surface area contributed by atoms with Gasteiger partial charge in [-0.2, -0.15) is 0 Å². The lowest BCUT2D eigenvalue weighted by Gasteiger charge is -2.13. The summed E-state index contributed by atoms with van der Waals surface area (Å²) >= 11 is 0. The fraction of sp³-hybridized carbons (Fsp3) is 0.250. The van der Waals surface area contributed by atoms with Gasteiger partial charge in [-0.3, -0.25) is 4.79 Å². The number of esters is 2. The van der Waals surface area contributed by atoms with Crippen molar-refractivity contribution in [2.45, 2.75) is 6.92 Å². The summed E-state index contributed by atoms with van der Waals surface area (Å²) in [6.45, 7) is 1.29. The monoisotopic (exact) mass is 304 g/mol. The molecular weight excluding hydrogens is 288 g/mol. The maximum atomic E-state index is 11.8. The van der Waals surface area contributed by atoms with Crippen molar-refractivity contribution < 1.29 is 28.5 Å². The van der Waals surface area contributed by atoms with E-state index in [1.165, 1.54) is 34.3 Å². The van der Waals surface area contributed by atoms with E-state index in [-0.39, 0.29) is 11.3 Å². The third kappa shape index (κ3) is 2.95. The molecule has 2 rings (SSSR count). The van der Waals surface area contributed by atoms with Gasteiger partial charge in [-0.1, -0.05) is 0 Å². The standard InChI is InChI=1S/C16H16O6/c1-9(17)22-15-6-10(16(18)21-4)5-12-13(15)7-11(19-2)8-14(12)20-3/h5-8H,1-4H3. The van der Waals surface area contributed by atoms with Crippen molar-refractivity contribution in [3.8, 4) is 17.2 Å².